The van der Waals surface area contributed by atoms with Crippen LogP contribution in [0.5, 0.6) is 5.75 Å². The molecule has 5 nitrogen and oxygen atoms in total. The van der Waals surface area contributed by atoms with Gasteiger partial charge in [-0.1, -0.05) is 0 Å². The van der Waals surface area contributed by atoms with Crippen molar-refractivity contribution in [3.63, 3.8) is 0 Å². The van der Waals surface area contributed by atoms with Gasteiger partial charge in [0.25, 0.3) is 0 Å². The summed E-state index contributed by atoms with van der Waals surface area (Å²) in [7, 11) is 0. The van der Waals surface area contributed by atoms with Crippen LogP contribution in [-0.2, 0) is 9.53 Å². The maximum Gasteiger partial charge on any atom is 0.414 e. The fourth-order valence-electron chi connectivity index (χ4n) is 2.48. The Morgan fingerprint density at radius 2 is 2.00 bits per heavy atom. The number of aldehydes is 1. The quantitative estimate of drug-likeness (QED) is 0.779. The largest absolute Gasteiger partial charge is 0.482 e. The van der Waals surface area contributed by atoms with Crippen molar-refractivity contribution in [2.24, 2.45) is 0 Å². The monoisotopic (exact) mass is 331 g/mol. The van der Waals surface area contributed by atoms with Gasteiger partial charge in [0.05, 0.1) is 5.69 Å². The van der Waals surface area contributed by atoms with E-state index >= 15 is 0 Å². The Hall–Kier alpha value is -2.30. The summed E-state index contributed by atoms with van der Waals surface area (Å²) in [4.78, 5) is 25.2. The Kier molecular flexibility index (Phi) is 4.74. The Morgan fingerprint density at radius 1 is 1.33 bits per heavy atom. The zero-order valence-corrected chi connectivity index (χ0v) is 15.2. The lowest BCUT2D eigenvalue weighted by molar-refractivity contribution is -0.106. The van der Waals surface area contributed by atoms with Gasteiger partial charge in [0, 0.05) is 23.7 Å². The minimum absolute atomic E-state index is 0.399. The third kappa shape index (κ3) is 3.78. The summed E-state index contributed by atoms with van der Waals surface area (Å²) in [5.74, 6) is 0.644. The fraction of sp³-hybridized carbons (Fsp3) is 0.474. The number of carbonyl (C=O) groups excluding carboxylic acids is 2. The number of fused-ring (bicyclic) bond motifs is 1. The number of hydrogen-bond donors (Lipinski definition) is 0. The average Bonchev–Trinajstić information content (AvgIpc) is 2.44. The van der Waals surface area contributed by atoms with Crippen molar-refractivity contribution in [2.75, 3.05) is 11.4 Å². The van der Waals surface area contributed by atoms with E-state index in [1.165, 1.54) is 0 Å². The van der Waals surface area contributed by atoms with Crippen LogP contribution in [-0.4, -0.2) is 30.1 Å². The van der Waals surface area contributed by atoms with Crippen LogP contribution in [0.1, 0.15) is 47.1 Å². The van der Waals surface area contributed by atoms with Crippen molar-refractivity contribution in [1.82, 2.24) is 0 Å². The highest BCUT2D eigenvalue weighted by atomic mass is 16.6. The molecule has 1 heterocycles. The standard InChI is InChI=1S/C19H25NO4/c1-7-20(17(22)24-18(2,3)4)15-9-8-13-10-14(12-21)19(5,6)23-16(13)11-15/h8-12H,7H2,1-6H3. The molecule has 0 fully saturated rings. The molecule has 0 aliphatic carbocycles. The summed E-state index contributed by atoms with van der Waals surface area (Å²) in [6, 6.07) is 5.48. The summed E-state index contributed by atoms with van der Waals surface area (Å²) in [6.45, 7) is 11.6. The van der Waals surface area contributed by atoms with Crippen LogP contribution >= 0.6 is 0 Å². The Bertz CT molecular complexity index is 683. The average molecular weight is 331 g/mol. The third-order valence-corrected chi connectivity index (χ3v) is 3.74. The number of benzene rings is 1. The van der Waals surface area contributed by atoms with E-state index in [1.54, 1.807) is 4.90 Å². The molecule has 24 heavy (non-hydrogen) atoms. The molecular weight excluding hydrogens is 306 g/mol. The highest BCUT2D eigenvalue weighted by Crippen LogP contribution is 2.37. The second-order valence-corrected chi connectivity index (χ2v) is 7.28. The molecule has 1 amide bonds. The van der Waals surface area contributed by atoms with Gasteiger partial charge in [-0.2, -0.15) is 0 Å². The Labute approximate surface area is 143 Å². The molecule has 0 atom stereocenters. The Morgan fingerprint density at radius 3 is 2.54 bits per heavy atom. The first-order valence-corrected chi connectivity index (χ1v) is 8.08. The second-order valence-electron chi connectivity index (χ2n) is 7.28. The van der Waals surface area contributed by atoms with E-state index in [0.29, 0.717) is 23.6 Å². The molecule has 1 aliphatic rings. The van der Waals surface area contributed by atoms with Crippen LogP contribution in [0.2, 0.25) is 0 Å². The molecule has 0 N–H and O–H groups in total. The topological polar surface area (TPSA) is 55.8 Å². The number of ether oxygens (including phenoxy) is 2. The molecule has 0 saturated carbocycles. The molecule has 0 radical (unpaired) electrons. The van der Waals surface area contributed by atoms with Crippen molar-refractivity contribution in [3.05, 3.63) is 29.3 Å². The van der Waals surface area contributed by atoms with Crippen LogP contribution in [0.3, 0.4) is 0 Å². The third-order valence-electron chi connectivity index (χ3n) is 3.74. The predicted molar refractivity (Wildman–Crippen MR) is 94.4 cm³/mol. The first-order valence-electron chi connectivity index (χ1n) is 8.08. The number of anilines is 1. The van der Waals surface area contributed by atoms with Gasteiger partial charge in [0.15, 0.2) is 0 Å². The van der Waals surface area contributed by atoms with Crippen LogP contribution in [0.4, 0.5) is 10.5 Å². The Balaban J connectivity index is 2.36. The maximum atomic E-state index is 12.4. The van der Waals surface area contributed by atoms with Gasteiger partial charge < -0.3 is 9.47 Å². The molecule has 130 valence electrons. The number of rotatable bonds is 3. The summed E-state index contributed by atoms with van der Waals surface area (Å²) < 4.78 is 11.4. The summed E-state index contributed by atoms with van der Waals surface area (Å²) in [5.41, 5.74) is 0.849. The molecule has 2 rings (SSSR count). The van der Waals surface area contributed by atoms with Crippen molar-refractivity contribution in [1.29, 1.82) is 0 Å². The van der Waals surface area contributed by atoms with Gasteiger partial charge in [-0.15, -0.1) is 0 Å². The van der Waals surface area contributed by atoms with Gasteiger partial charge in [-0.3, -0.25) is 9.69 Å². The molecule has 5 heteroatoms. The minimum atomic E-state index is -0.698. The zero-order valence-electron chi connectivity index (χ0n) is 15.2. The zero-order chi connectivity index (χ0) is 18.1. The number of hydrogen-bond acceptors (Lipinski definition) is 4. The molecule has 1 aromatic carbocycles. The molecule has 0 aromatic heterocycles. The summed E-state index contributed by atoms with van der Waals surface area (Å²) in [6.07, 6.45) is 2.24. The lowest BCUT2D eigenvalue weighted by Crippen LogP contribution is -2.37. The molecular formula is C19H25NO4. The molecule has 1 aromatic rings. The molecule has 1 aliphatic heterocycles. The van der Waals surface area contributed by atoms with Crippen molar-refractivity contribution >= 4 is 24.1 Å². The normalized spacial score (nSPS) is 15.7. The smallest absolute Gasteiger partial charge is 0.414 e. The predicted octanol–water partition coefficient (Wildman–Crippen LogP) is 4.20. The number of carbonyl (C=O) groups is 2. The van der Waals surface area contributed by atoms with Crippen LogP contribution in [0.25, 0.3) is 6.08 Å². The second kappa shape index (κ2) is 6.30. The maximum absolute atomic E-state index is 12.4. The highest BCUT2D eigenvalue weighted by Gasteiger charge is 2.31. The van der Waals surface area contributed by atoms with E-state index < -0.39 is 17.3 Å². The van der Waals surface area contributed by atoms with Crippen LogP contribution in [0.15, 0.2) is 23.8 Å². The van der Waals surface area contributed by atoms with Crippen LogP contribution in [0, 0.1) is 0 Å². The van der Waals surface area contributed by atoms with Crippen LogP contribution < -0.4 is 9.64 Å². The fourth-order valence-corrected chi connectivity index (χ4v) is 2.48. The van der Waals surface area contributed by atoms with E-state index in [0.717, 1.165) is 11.8 Å². The van der Waals surface area contributed by atoms with Crippen molar-refractivity contribution < 1.29 is 19.1 Å². The van der Waals surface area contributed by atoms with Crippen molar-refractivity contribution in [3.8, 4) is 5.75 Å². The lowest BCUT2D eigenvalue weighted by Gasteiger charge is -2.32. The molecule has 0 spiro atoms. The first-order chi connectivity index (χ1) is 11.1. The van der Waals surface area contributed by atoms with Gasteiger partial charge in [-0.25, -0.2) is 4.79 Å². The van der Waals surface area contributed by atoms with E-state index in [4.69, 9.17) is 9.47 Å². The molecule has 0 unspecified atom stereocenters. The molecule has 0 bridgehead atoms. The van der Waals surface area contributed by atoms with E-state index in [2.05, 4.69) is 0 Å². The minimum Gasteiger partial charge on any atom is -0.482 e. The highest BCUT2D eigenvalue weighted by molar-refractivity contribution is 5.90. The SMILES string of the molecule is CCN(C(=O)OC(C)(C)C)c1ccc2c(c1)OC(C)(C)C(C=O)=C2. The van der Waals surface area contributed by atoms with Gasteiger partial charge in [-0.05, 0) is 59.8 Å². The summed E-state index contributed by atoms with van der Waals surface area (Å²) >= 11 is 0. The molecule has 0 saturated heterocycles. The van der Waals surface area contributed by atoms with Gasteiger partial charge in [0.2, 0.25) is 0 Å². The number of amides is 1. The number of nitrogens with zero attached hydrogens (tertiary/aromatic N) is 1. The first kappa shape index (κ1) is 18.0. The lowest BCUT2D eigenvalue weighted by atomic mass is 9.93. The van der Waals surface area contributed by atoms with E-state index in [-0.39, 0.29) is 0 Å². The van der Waals surface area contributed by atoms with E-state index in [1.807, 2.05) is 65.8 Å². The van der Waals surface area contributed by atoms with Gasteiger partial charge in [0.1, 0.15) is 23.2 Å². The van der Waals surface area contributed by atoms with Gasteiger partial charge >= 0.3 is 6.09 Å². The summed E-state index contributed by atoms with van der Waals surface area (Å²) in [5, 5.41) is 0. The van der Waals surface area contributed by atoms with E-state index in [9.17, 15) is 9.59 Å². The van der Waals surface area contributed by atoms with Crippen molar-refractivity contribution in [2.45, 2.75) is 52.7 Å².